The zero-order valence-electron chi connectivity index (χ0n) is 22.9. The third-order valence-corrected chi connectivity index (χ3v) is 12.2. The number of aliphatic hydroxyl groups is 1. The highest BCUT2D eigenvalue weighted by Crippen LogP contribution is 2.66. The summed E-state index contributed by atoms with van der Waals surface area (Å²) in [5, 5.41) is 10.8. The van der Waals surface area contributed by atoms with E-state index in [-0.39, 0.29) is 39.8 Å². The normalized spacial score (nSPS) is 36.5. The van der Waals surface area contributed by atoms with Gasteiger partial charge in [0.15, 0.2) is 0 Å². The van der Waals surface area contributed by atoms with Gasteiger partial charge in [0.2, 0.25) is 0 Å². The largest absolute Gasteiger partial charge is 0.393 e. The van der Waals surface area contributed by atoms with Crippen molar-refractivity contribution in [2.75, 3.05) is 6.61 Å². The standard InChI is InChI=1S/C31H44O4S/c1-20-7-9-22(10-8-20)36(33,34)35-19-21(2)24-12-13-25-23-11-14-27-29(3,4)28(32)16-18-31(27,6)26(23)15-17-30(24,25)5/h7-10,13,21,24,27-28,32H,11-12,14-19H2,1-6H3/t21-,24-,27?,28?,30-,31-/m1/s1. The Labute approximate surface area is 218 Å². The van der Waals surface area contributed by atoms with Crippen LogP contribution in [0.15, 0.2) is 52.0 Å². The van der Waals surface area contributed by atoms with Gasteiger partial charge >= 0.3 is 0 Å². The van der Waals surface area contributed by atoms with E-state index in [1.807, 2.05) is 19.1 Å². The number of fused-ring (bicyclic) bond motifs is 4. The fourth-order valence-corrected chi connectivity index (χ4v) is 9.66. The number of benzene rings is 1. The molecule has 0 bridgehead atoms. The Bertz CT molecular complexity index is 1190. The summed E-state index contributed by atoms with van der Waals surface area (Å²) in [6.45, 7) is 13.8. The molecule has 0 heterocycles. The minimum absolute atomic E-state index is 0.0479. The van der Waals surface area contributed by atoms with Gasteiger partial charge in [-0.3, -0.25) is 4.18 Å². The fourth-order valence-electron chi connectivity index (χ4n) is 8.66. The SMILES string of the molecule is Cc1ccc(S(=O)(=O)OC[C@@H](C)[C@H]2CC=C3C4=C(CC[C@@]32C)[C@@]2(C)CCC(O)C(C)(C)C2CC4)cc1. The number of allylic oxidation sites excluding steroid dienone is 4. The lowest BCUT2D eigenvalue weighted by molar-refractivity contribution is -0.0905. The Morgan fingerprint density at radius 3 is 2.42 bits per heavy atom. The summed E-state index contributed by atoms with van der Waals surface area (Å²) in [5.41, 5.74) is 6.02. The number of hydrogen-bond donors (Lipinski definition) is 1. The highest BCUT2D eigenvalue weighted by Gasteiger charge is 2.57. The Balaban J connectivity index is 1.34. The molecule has 5 heteroatoms. The minimum atomic E-state index is -3.75. The van der Waals surface area contributed by atoms with E-state index >= 15 is 0 Å². The van der Waals surface area contributed by atoms with Crippen LogP contribution in [0.5, 0.6) is 0 Å². The molecule has 4 aliphatic carbocycles. The lowest BCUT2D eigenvalue weighted by Crippen LogP contribution is -2.53. The molecule has 198 valence electrons. The van der Waals surface area contributed by atoms with Gasteiger partial charge in [0, 0.05) is 0 Å². The van der Waals surface area contributed by atoms with Crippen LogP contribution in [0, 0.1) is 40.9 Å². The molecule has 2 unspecified atom stereocenters. The van der Waals surface area contributed by atoms with E-state index in [2.05, 4.69) is 40.7 Å². The molecule has 5 rings (SSSR count). The van der Waals surface area contributed by atoms with E-state index in [0.717, 1.165) is 50.5 Å². The predicted octanol–water partition coefficient (Wildman–Crippen LogP) is 6.98. The molecule has 0 aromatic heterocycles. The number of rotatable bonds is 5. The van der Waals surface area contributed by atoms with E-state index < -0.39 is 10.1 Å². The van der Waals surface area contributed by atoms with Crippen molar-refractivity contribution < 1.29 is 17.7 Å². The molecule has 1 aromatic carbocycles. The monoisotopic (exact) mass is 512 g/mol. The molecule has 1 saturated carbocycles. The van der Waals surface area contributed by atoms with E-state index in [4.69, 9.17) is 4.18 Å². The van der Waals surface area contributed by atoms with Crippen molar-refractivity contribution in [1.29, 1.82) is 0 Å². The van der Waals surface area contributed by atoms with Crippen LogP contribution in [0.1, 0.15) is 85.1 Å². The molecule has 1 fully saturated rings. The van der Waals surface area contributed by atoms with Crippen LogP contribution in [0.2, 0.25) is 0 Å². The quantitative estimate of drug-likeness (QED) is 0.433. The first kappa shape index (κ1) is 26.2. The first-order valence-electron chi connectivity index (χ1n) is 13.9. The summed E-state index contributed by atoms with van der Waals surface area (Å²) < 4.78 is 31.2. The van der Waals surface area contributed by atoms with Crippen molar-refractivity contribution >= 4 is 10.1 Å². The second kappa shape index (κ2) is 8.81. The summed E-state index contributed by atoms with van der Waals surface area (Å²) in [6.07, 6.45) is 9.70. The molecule has 0 amide bonds. The Morgan fingerprint density at radius 1 is 1.03 bits per heavy atom. The lowest BCUT2D eigenvalue weighted by atomic mass is 9.46. The van der Waals surface area contributed by atoms with E-state index in [0.29, 0.717) is 11.8 Å². The van der Waals surface area contributed by atoms with Gasteiger partial charge in [-0.15, -0.1) is 0 Å². The molecule has 1 N–H and O–H groups in total. The third-order valence-electron chi connectivity index (χ3n) is 10.9. The Kier molecular flexibility index (Phi) is 6.41. The summed E-state index contributed by atoms with van der Waals surface area (Å²) in [5.74, 6) is 1.04. The summed E-state index contributed by atoms with van der Waals surface area (Å²) in [6, 6.07) is 6.88. The highest BCUT2D eigenvalue weighted by molar-refractivity contribution is 7.86. The second-order valence-corrected chi connectivity index (χ2v) is 14.9. The van der Waals surface area contributed by atoms with Crippen molar-refractivity contribution in [2.45, 2.75) is 97.5 Å². The maximum Gasteiger partial charge on any atom is 0.296 e. The summed E-state index contributed by atoms with van der Waals surface area (Å²) >= 11 is 0. The topological polar surface area (TPSA) is 63.6 Å². The number of hydrogen-bond acceptors (Lipinski definition) is 4. The predicted molar refractivity (Wildman–Crippen MR) is 144 cm³/mol. The summed E-state index contributed by atoms with van der Waals surface area (Å²) in [7, 11) is -3.75. The first-order valence-corrected chi connectivity index (χ1v) is 15.3. The first-order chi connectivity index (χ1) is 16.8. The molecule has 4 aliphatic rings. The van der Waals surface area contributed by atoms with Crippen molar-refractivity contribution in [3.05, 3.63) is 52.6 Å². The van der Waals surface area contributed by atoms with Crippen LogP contribution in [-0.2, 0) is 14.3 Å². The molecule has 4 nitrogen and oxygen atoms in total. The highest BCUT2D eigenvalue weighted by atomic mass is 32.2. The van der Waals surface area contributed by atoms with Crippen LogP contribution in [0.25, 0.3) is 0 Å². The average Bonchev–Trinajstić information content (AvgIpc) is 3.18. The Hall–Kier alpha value is -1.43. The van der Waals surface area contributed by atoms with Gasteiger partial charge in [0.25, 0.3) is 10.1 Å². The third kappa shape index (κ3) is 3.96. The lowest BCUT2D eigenvalue weighted by Gasteiger charge is -2.59. The molecular weight excluding hydrogens is 468 g/mol. The van der Waals surface area contributed by atoms with Gasteiger partial charge < -0.3 is 5.11 Å². The number of aliphatic hydroxyl groups excluding tert-OH is 1. The second-order valence-electron chi connectivity index (χ2n) is 13.2. The smallest absolute Gasteiger partial charge is 0.296 e. The fraction of sp³-hybridized carbons (Fsp3) is 0.677. The van der Waals surface area contributed by atoms with Crippen LogP contribution in [0.4, 0.5) is 0 Å². The van der Waals surface area contributed by atoms with Crippen molar-refractivity contribution in [3.63, 3.8) is 0 Å². The minimum Gasteiger partial charge on any atom is -0.393 e. The van der Waals surface area contributed by atoms with E-state index in [9.17, 15) is 13.5 Å². The summed E-state index contributed by atoms with van der Waals surface area (Å²) in [4.78, 5) is 0.231. The zero-order valence-corrected chi connectivity index (χ0v) is 23.7. The van der Waals surface area contributed by atoms with Gasteiger partial charge in [-0.1, -0.05) is 64.0 Å². The van der Waals surface area contributed by atoms with Crippen LogP contribution in [0.3, 0.4) is 0 Å². The molecule has 6 atom stereocenters. The molecule has 0 saturated heterocycles. The van der Waals surface area contributed by atoms with Crippen LogP contribution >= 0.6 is 0 Å². The zero-order chi connectivity index (χ0) is 26.1. The van der Waals surface area contributed by atoms with Gasteiger partial charge in [-0.05, 0) is 109 Å². The Morgan fingerprint density at radius 2 is 1.72 bits per heavy atom. The van der Waals surface area contributed by atoms with Crippen molar-refractivity contribution in [2.24, 2.45) is 34.0 Å². The maximum absolute atomic E-state index is 12.8. The molecule has 0 radical (unpaired) electrons. The van der Waals surface area contributed by atoms with Gasteiger partial charge in [0.05, 0.1) is 17.6 Å². The number of aryl methyl sites for hydroxylation is 1. The molecular formula is C31H44O4S. The molecule has 0 spiro atoms. The maximum atomic E-state index is 12.8. The van der Waals surface area contributed by atoms with Gasteiger partial charge in [-0.25, -0.2) is 0 Å². The van der Waals surface area contributed by atoms with Crippen LogP contribution in [-0.4, -0.2) is 26.2 Å². The molecule has 1 aromatic rings. The van der Waals surface area contributed by atoms with E-state index in [1.54, 1.807) is 23.3 Å². The van der Waals surface area contributed by atoms with Gasteiger partial charge in [0.1, 0.15) is 0 Å². The van der Waals surface area contributed by atoms with E-state index in [1.165, 1.54) is 5.57 Å². The molecule has 0 aliphatic heterocycles. The van der Waals surface area contributed by atoms with Crippen molar-refractivity contribution in [3.8, 4) is 0 Å². The van der Waals surface area contributed by atoms with Crippen LogP contribution < -0.4 is 0 Å². The average molecular weight is 513 g/mol. The van der Waals surface area contributed by atoms with Gasteiger partial charge in [-0.2, -0.15) is 8.42 Å². The molecule has 36 heavy (non-hydrogen) atoms. The van der Waals surface area contributed by atoms with Crippen molar-refractivity contribution in [1.82, 2.24) is 0 Å².